The normalized spacial score (nSPS) is 10.0. The molecule has 21 heavy (non-hydrogen) atoms. The molecule has 116 valence electrons. The molecule has 0 fully saturated rings. The van der Waals surface area contributed by atoms with Crippen LogP contribution in [-0.4, -0.2) is 52.0 Å². The van der Waals surface area contributed by atoms with Gasteiger partial charge in [0.25, 0.3) is 0 Å². The summed E-state index contributed by atoms with van der Waals surface area (Å²) in [5.41, 5.74) is 5.31. The zero-order valence-corrected chi connectivity index (χ0v) is 11.4. The van der Waals surface area contributed by atoms with Gasteiger partial charge in [0.05, 0.1) is 12.3 Å². The van der Waals surface area contributed by atoms with Crippen LogP contribution in [0, 0.1) is 0 Å². The van der Waals surface area contributed by atoms with Crippen molar-refractivity contribution in [3.63, 3.8) is 0 Å². The second-order valence-corrected chi connectivity index (χ2v) is 3.93. The lowest BCUT2D eigenvalue weighted by Crippen LogP contribution is -2.43. The average molecular weight is 299 g/mol. The van der Waals surface area contributed by atoms with Gasteiger partial charge in [0.15, 0.2) is 17.2 Å². The molecule has 0 atom stereocenters. The Morgan fingerprint density at radius 2 is 1.86 bits per heavy atom. The van der Waals surface area contributed by atoms with Crippen molar-refractivity contribution >= 4 is 17.8 Å². The van der Waals surface area contributed by atoms with Gasteiger partial charge in [-0.05, 0) is 6.92 Å². The number of hydrogen-bond acceptors (Lipinski definition) is 7. The zero-order chi connectivity index (χ0) is 16.0. The molecule has 0 saturated carbocycles. The maximum atomic E-state index is 12.0. The third-order valence-corrected chi connectivity index (χ3v) is 2.41. The monoisotopic (exact) mass is 299 g/mol. The van der Waals surface area contributed by atoms with E-state index in [-0.39, 0.29) is 25.4 Å². The average Bonchev–Trinajstić information content (AvgIpc) is 2.42. The summed E-state index contributed by atoms with van der Waals surface area (Å²) in [5.74, 6) is -1.95. The first-order valence-corrected chi connectivity index (χ1v) is 6.11. The van der Waals surface area contributed by atoms with Gasteiger partial charge in [0.2, 0.25) is 0 Å². The Morgan fingerprint density at radius 3 is 2.33 bits per heavy atom. The van der Waals surface area contributed by atoms with E-state index in [1.807, 2.05) is 0 Å². The molecule has 9 nitrogen and oxygen atoms in total. The minimum Gasteiger partial charge on any atom is -0.504 e. The number of carbonyl (C=O) groups is 2. The highest BCUT2D eigenvalue weighted by molar-refractivity contribution is 5.99. The van der Waals surface area contributed by atoms with Crippen molar-refractivity contribution in [2.75, 3.05) is 25.0 Å². The number of urea groups is 1. The predicted molar refractivity (Wildman–Crippen MR) is 73.2 cm³/mol. The number of nitrogens with two attached hydrogens (primary N) is 1. The molecule has 0 unspecified atom stereocenters. The van der Waals surface area contributed by atoms with E-state index in [0.717, 1.165) is 17.0 Å². The number of phenolic OH excluding ortho intramolecular Hbond substituents is 3. The van der Waals surface area contributed by atoms with Gasteiger partial charge in [-0.15, -0.1) is 0 Å². The molecule has 3 amide bonds. The summed E-state index contributed by atoms with van der Waals surface area (Å²) in [6, 6.07) is 1.18. The van der Waals surface area contributed by atoms with Gasteiger partial charge in [0, 0.05) is 25.2 Å². The minimum absolute atomic E-state index is 0.0147. The Bertz CT molecular complexity index is 511. The number of ether oxygens (including phenoxy) is 1. The standard InChI is InChI=1S/C12H17N3O6/c1-2-21-12(20)15(4-3-13)11(19)14-7-5-8(16)10(18)9(17)6-7/h5-6,16-18H,2-4,13H2,1H3,(H,14,19). The van der Waals surface area contributed by atoms with Crippen molar-refractivity contribution in [2.24, 2.45) is 5.73 Å². The van der Waals surface area contributed by atoms with Crippen molar-refractivity contribution in [2.45, 2.75) is 6.92 Å². The zero-order valence-electron chi connectivity index (χ0n) is 11.4. The van der Waals surface area contributed by atoms with E-state index in [1.54, 1.807) is 6.92 Å². The van der Waals surface area contributed by atoms with Crippen molar-refractivity contribution in [1.29, 1.82) is 0 Å². The Hall–Kier alpha value is -2.68. The molecule has 9 heteroatoms. The SMILES string of the molecule is CCOC(=O)N(CCN)C(=O)Nc1cc(O)c(O)c(O)c1. The van der Waals surface area contributed by atoms with Crippen LogP contribution < -0.4 is 11.1 Å². The van der Waals surface area contributed by atoms with Crippen LogP contribution in [0.3, 0.4) is 0 Å². The molecule has 0 saturated heterocycles. The number of carbonyl (C=O) groups excluding carboxylic acids is 2. The van der Waals surface area contributed by atoms with E-state index in [0.29, 0.717) is 0 Å². The minimum atomic E-state index is -0.868. The molecular formula is C12H17N3O6. The lowest BCUT2D eigenvalue weighted by Gasteiger charge is -2.20. The fourth-order valence-corrected chi connectivity index (χ4v) is 1.47. The first kappa shape index (κ1) is 16.4. The predicted octanol–water partition coefficient (Wildman–Crippen LogP) is 0.752. The molecule has 0 aliphatic heterocycles. The summed E-state index contributed by atoms with van der Waals surface area (Å²) in [4.78, 5) is 24.3. The van der Waals surface area contributed by atoms with Crippen LogP contribution >= 0.6 is 0 Å². The molecule has 0 aliphatic rings. The van der Waals surface area contributed by atoms with Gasteiger partial charge in [-0.2, -0.15) is 0 Å². The Labute approximate surface area is 120 Å². The van der Waals surface area contributed by atoms with Crippen molar-refractivity contribution in [1.82, 2.24) is 4.90 Å². The van der Waals surface area contributed by atoms with Crippen LogP contribution in [0.1, 0.15) is 6.92 Å². The quantitative estimate of drug-likeness (QED) is 0.407. The third-order valence-electron chi connectivity index (χ3n) is 2.41. The summed E-state index contributed by atoms with van der Waals surface area (Å²) >= 11 is 0. The second kappa shape index (κ2) is 7.20. The van der Waals surface area contributed by atoms with Gasteiger partial charge in [-0.1, -0.05) is 0 Å². The highest BCUT2D eigenvalue weighted by Crippen LogP contribution is 2.37. The van der Waals surface area contributed by atoms with Gasteiger partial charge < -0.3 is 31.1 Å². The van der Waals surface area contributed by atoms with Gasteiger partial charge in [0.1, 0.15) is 0 Å². The van der Waals surface area contributed by atoms with Crippen LogP contribution in [-0.2, 0) is 4.74 Å². The molecule has 1 rings (SSSR count). The highest BCUT2D eigenvalue weighted by atomic mass is 16.6. The number of benzene rings is 1. The number of imide groups is 1. The van der Waals surface area contributed by atoms with Crippen LogP contribution in [0.5, 0.6) is 17.2 Å². The molecule has 0 heterocycles. The number of nitrogens with zero attached hydrogens (tertiary/aromatic N) is 1. The lowest BCUT2D eigenvalue weighted by molar-refractivity contribution is 0.118. The fraction of sp³-hybridized carbons (Fsp3) is 0.333. The van der Waals surface area contributed by atoms with Gasteiger partial charge in [-0.3, -0.25) is 0 Å². The Balaban J connectivity index is 2.89. The van der Waals surface area contributed by atoms with Crippen molar-refractivity contribution in [3.8, 4) is 17.2 Å². The summed E-state index contributed by atoms with van der Waals surface area (Å²) < 4.78 is 4.71. The number of aromatic hydroxyl groups is 3. The number of hydrogen-bond donors (Lipinski definition) is 5. The Kier molecular flexibility index (Phi) is 5.61. The molecule has 0 aromatic heterocycles. The largest absolute Gasteiger partial charge is 0.504 e. The van der Waals surface area contributed by atoms with Crippen molar-refractivity contribution in [3.05, 3.63) is 12.1 Å². The summed E-state index contributed by atoms with van der Waals surface area (Å²) in [5, 5.41) is 30.2. The van der Waals surface area contributed by atoms with Crippen LogP contribution in [0.15, 0.2) is 12.1 Å². The first-order chi connectivity index (χ1) is 9.90. The molecule has 6 N–H and O–H groups in total. The number of amides is 3. The molecule has 0 aliphatic carbocycles. The topological polar surface area (TPSA) is 145 Å². The number of nitrogens with one attached hydrogen (secondary N) is 1. The van der Waals surface area contributed by atoms with E-state index in [1.165, 1.54) is 0 Å². The molecule has 0 radical (unpaired) electrons. The molecule has 0 spiro atoms. The molecule has 1 aromatic carbocycles. The van der Waals surface area contributed by atoms with E-state index in [9.17, 15) is 24.9 Å². The molecule has 0 bridgehead atoms. The fourth-order valence-electron chi connectivity index (χ4n) is 1.47. The van der Waals surface area contributed by atoms with Crippen LogP contribution in [0.4, 0.5) is 15.3 Å². The number of anilines is 1. The van der Waals surface area contributed by atoms with Crippen molar-refractivity contribution < 1.29 is 29.6 Å². The van der Waals surface area contributed by atoms with E-state index < -0.39 is 29.4 Å². The van der Waals surface area contributed by atoms with E-state index >= 15 is 0 Å². The van der Waals surface area contributed by atoms with E-state index in [2.05, 4.69) is 5.32 Å². The molecular weight excluding hydrogens is 282 g/mol. The maximum absolute atomic E-state index is 12.0. The van der Waals surface area contributed by atoms with E-state index in [4.69, 9.17) is 10.5 Å². The van der Waals surface area contributed by atoms with Gasteiger partial charge >= 0.3 is 12.1 Å². The Morgan fingerprint density at radius 1 is 1.29 bits per heavy atom. The van der Waals surface area contributed by atoms with Gasteiger partial charge in [-0.25, -0.2) is 14.5 Å². The van der Waals surface area contributed by atoms with Crippen LogP contribution in [0.25, 0.3) is 0 Å². The molecule has 1 aromatic rings. The summed E-state index contributed by atoms with van der Waals surface area (Å²) in [6.45, 7) is 1.65. The number of rotatable bonds is 4. The second-order valence-electron chi connectivity index (χ2n) is 3.93. The summed E-state index contributed by atoms with van der Waals surface area (Å²) in [7, 11) is 0. The lowest BCUT2D eigenvalue weighted by atomic mass is 10.2. The third kappa shape index (κ3) is 4.14. The maximum Gasteiger partial charge on any atom is 0.418 e. The highest BCUT2D eigenvalue weighted by Gasteiger charge is 2.22. The summed E-state index contributed by atoms with van der Waals surface area (Å²) in [6.07, 6.45) is -0.868. The number of phenols is 3. The first-order valence-electron chi connectivity index (χ1n) is 6.11. The smallest absolute Gasteiger partial charge is 0.418 e. The van der Waals surface area contributed by atoms with Crippen LogP contribution in [0.2, 0.25) is 0 Å².